The van der Waals surface area contributed by atoms with Crippen molar-refractivity contribution in [3.8, 4) is 5.75 Å². The zero-order valence-corrected chi connectivity index (χ0v) is 11.3. The van der Waals surface area contributed by atoms with E-state index in [0.29, 0.717) is 19.0 Å². The molecule has 0 radical (unpaired) electrons. The van der Waals surface area contributed by atoms with Crippen LogP contribution >= 0.6 is 0 Å². The number of carbonyl (C=O) groups is 1. The number of aromatic nitrogens is 3. The molecule has 2 aromatic heterocycles. The monoisotopic (exact) mass is 312 g/mol. The maximum Gasteiger partial charge on any atom is 0.488 e. The number of pyridine rings is 1. The van der Waals surface area contributed by atoms with Gasteiger partial charge in [-0.25, -0.2) is 4.98 Å². The first-order valence-electron chi connectivity index (χ1n) is 5.86. The predicted octanol–water partition coefficient (Wildman–Crippen LogP) is 0.532. The average molecular weight is 312 g/mol. The van der Waals surface area contributed by atoms with Crippen molar-refractivity contribution >= 4 is 22.4 Å². The van der Waals surface area contributed by atoms with Crippen molar-refractivity contribution in [3.05, 3.63) is 36.4 Å². The fourth-order valence-electron chi connectivity index (χ4n) is 2.07. The van der Waals surface area contributed by atoms with Crippen LogP contribution in [-0.2, 0) is 17.0 Å². The van der Waals surface area contributed by atoms with Gasteiger partial charge in [0.05, 0.1) is 11.8 Å². The van der Waals surface area contributed by atoms with Gasteiger partial charge in [0.25, 0.3) is 5.91 Å². The standard InChI is InChI=1S/C11H9FN4O4S/c12-21(18,19)20-9-5-8(6-13-7-9)10(17)16-4-3-15-2-1-14-11(15)16/h1-2,5-7H,3-4H2. The van der Waals surface area contributed by atoms with Gasteiger partial charge in [0.15, 0.2) is 5.75 Å². The van der Waals surface area contributed by atoms with Crippen LogP contribution in [0, 0.1) is 0 Å². The molecule has 0 N–H and O–H groups in total. The summed E-state index contributed by atoms with van der Waals surface area (Å²) in [6.45, 7) is 1.05. The van der Waals surface area contributed by atoms with E-state index in [1.54, 1.807) is 17.0 Å². The lowest BCUT2D eigenvalue weighted by atomic mass is 10.2. The molecule has 0 saturated heterocycles. The third-order valence-corrected chi connectivity index (χ3v) is 3.29. The number of hydrogen-bond donors (Lipinski definition) is 0. The molecule has 0 spiro atoms. The van der Waals surface area contributed by atoms with E-state index < -0.39 is 16.4 Å². The smallest absolute Gasteiger partial charge is 0.357 e. The van der Waals surface area contributed by atoms with Gasteiger partial charge in [-0.15, -0.1) is 0 Å². The molecule has 0 fully saturated rings. The van der Waals surface area contributed by atoms with Gasteiger partial charge in [-0.2, -0.15) is 8.42 Å². The van der Waals surface area contributed by atoms with Gasteiger partial charge in [-0.05, 0) is 6.07 Å². The van der Waals surface area contributed by atoms with E-state index in [2.05, 4.69) is 14.2 Å². The number of hydrogen-bond acceptors (Lipinski definition) is 6. The van der Waals surface area contributed by atoms with Crippen LogP contribution in [0.3, 0.4) is 0 Å². The summed E-state index contributed by atoms with van der Waals surface area (Å²) >= 11 is 0. The summed E-state index contributed by atoms with van der Waals surface area (Å²) in [4.78, 5) is 21.5. The Morgan fingerprint density at radius 2 is 2.14 bits per heavy atom. The van der Waals surface area contributed by atoms with Crippen molar-refractivity contribution in [2.24, 2.45) is 0 Å². The third-order valence-electron chi connectivity index (χ3n) is 2.90. The third kappa shape index (κ3) is 2.70. The van der Waals surface area contributed by atoms with Crippen molar-refractivity contribution in [2.75, 3.05) is 11.4 Å². The molecule has 1 amide bonds. The minimum absolute atomic E-state index is 0.0765. The summed E-state index contributed by atoms with van der Waals surface area (Å²) in [5.41, 5.74) is 0.0765. The first-order valence-corrected chi connectivity index (χ1v) is 7.17. The molecule has 0 aliphatic carbocycles. The summed E-state index contributed by atoms with van der Waals surface area (Å²) < 4.78 is 39.2. The van der Waals surface area contributed by atoms with Crippen molar-refractivity contribution in [1.82, 2.24) is 14.5 Å². The van der Waals surface area contributed by atoms with Crippen LogP contribution in [0.5, 0.6) is 5.75 Å². The molecule has 1 aliphatic heterocycles. The minimum atomic E-state index is -5.16. The first-order chi connectivity index (χ1) is 9.94. The van der Waals surface area contributed by atoms with E-state index >= 15 is 0 Å². The second kappa shape index (κ2) is 4.81. The number of carbonyl (C=O) groups excluding carboxylic acids is 1. The minimum Gasteiger partial charge on any atom is -0.357 e. The maximum atomic E-state index is 12.5. The van der Waals surface area contributed by atoms with E-state index in [9.17, 15) is 17.1 Å². The molecule has 2 aromatic rings. The Kier molecular flexibility index (Phi) is 3.09. The molecule has 110 valence electrons. The topological polar surface area (TPSA) is 94.4 Å². The Morgan fingerprint density at radius 1 is 1.33 bits per heavy atom. The highest BCUT2D eigenvalue weighted by atomic mass is 32.3. The van der Waals surface area contributed by atoms with Crippen LogP contribution in [0.15, 0.2) is 30.9 Å². The van der Waals surface area contributed by atoms with Crippen LogP contribution in [0.2, 0.25) is 0 Å². The normalized spacial score (nSPS) is 14.0. The Balaban J connectivity index is 1.88. The van der Waals surface area contributed by atoms with Gasteiger partial charge in [-0.1, -0.05) is 3.89 Å². The number of fused-ring (bicyclic) bond motifs is 1. The Hall–Kier alpha value is -2.49. The summed E-state index contributed by atoms with van der Waals surface area (Å²) in [7, 11) is -5.16. The average Bonchev–Trinajstić information content (AvgIpc) is 2.98. The highest BCUT2D eigenvalue weighted by Gasteiger charge is 2.27. The summed E-state index contributed by atoms with van der Waals surface area (Å²) in [5, 5.41) is 0. The van der Waals surface area contributed by atoms with E-state index in [-0.39, 0.29) is 11.3 Å². The van der Waals surface area contributed by atoms with Crippen LogP contribution in [0.4, 0.5) is 9.83 Å². The van der Waals surface area contributed by atoms with Crippen LogP contribution in [0.25, 0.3) is 0 Å². The maximum absolute atomic E-state index is 12.5. The van der Waals surface area contributed by atoms with Crippen molar-refractivity contribution in [1.29, 1.82) is 0 Å². The Labute approximate surface area is 119 Å². The molecule has 8 nitrogen and oxygen atoms in total. The summed E-state index contributed by atoms with van der Waals surface area (Å²) in [6.07, 6.45) is 5.56. The van der Waals surface area contributed by atoms with Crippen molar-refractivity contribution in [2.45, 2.75) is 6.54 Å². The Morgan fingerprint density at radius 3 is 2.90 bits per heavy atom. The molecule has 0 saturated carbocycles. The summed E-state index contributed by atoms with van der Waals surface area (Å²) in [5.74, 6) is -0.301. The van der Waals surface area contributed by atoms with E-state index in [0.717, 1.165) is 12.3 Å². The molecule has 3 heterocycles. The molecule has 21 heavy (non-hydrogen) atoms. The van der Waals surface area contributed by atoms with Gasteiger partial charge in [0, 0.05) is 31.7 Å². The van der Waals surface area contributed by atoms with Crippen molar-refractivity contribution in [3.63, 3.8) is 0 Å². The number of amides is 1. The molecule has 1 aliphatic rings. The fraction of sp³-hybridized carbons (Fsp3) is 0.182. The van der Waals surface area contributed by atoms with E-state index in [1.807, 2.05) is 0 Å². The number of anilines is 1. The summed E-state index contributed by atoms with van der Waals surface area (Å²) in [6, 6.07) is 1.11. The zero-order chi connectivity index (χ0) is 15.0. The molecule has 0 bridgehead atoms. The highest BCUT2D eigenvalue weighted by molar-refractivity contribution is 7.81. The number of halogens is 1. The number of nitrogens with zero attached hydrogens (tertiary/aromatic N) is 4. The Bertz CT molecular complexity index is 804. The number of imidazole rings is 1. The lowest BCUT2D eigenvalue weighted by molar-refractivity contribution is 0.0988. The molecule has 10 heteroatoms. The molecule has 3 rings (SSSR count). The van der Waals surface area contributed by atoms with Gasteiger partial charge in [0.1, 0.15) is 0 Å². The SMILES string of the molecule is O=C(c1cncc(OS(=O)(=O)F)c1)N1CCn2ccnc21. The van der Waals surface area contributed by atoms with Crippen LogP contribution in [-0.4, -0.2) is 35.4 Å². The second-order valence-corrected chi connectivity index (χ2v) is 5.22. The first kappa shape index (κ1) is 13.5. The van der Waals surface area contributed by atoms with Crippen LogP contribution < -0.4 is 9.08 Å². The second-order valence-electron chi connectivity index (χ2n) is 4.26. The lowest BCUT2D eigenvalue weighted by Gasteiger charge is -2.13. The molecular weight excluding hydrogens is 303 g/mol. The predicted molar refractivity (Wildman–Crippen MR) is 68.8 cm³/mol. The zero-order valence-electron chi connectivity index (χ0n) is 10.5. The molecule has 0 atom stereocenters. The largest absolute Gasteiger partial charge is 0.488 e. The van der Waals surface area contributed by atoms with Crippen LogP contribution in [0.1, 0.15) is 10.4 Å². The number of rotatable bonds is 3. The van der Waals surface area contributed by atoms with Gasteiger partial charge in [0.2, 0.25) is 5.95 Å². The van der Waals surface area contributed by atoms with Gasteiger partial charge >= 0.3 is 10.5 Å². The van der Waals surface area contributed by atoms with Gasteiger partial charge in [-0.3, -0.25) is 14.7 Å². The quantitative estimate of drug-likeness (QED) is 0.767. The molecule has 0 unspecified atom stereocenters. The lowest BCUT2D eigenvalue weighted by Crippen LogP contribution is -2.29. The van der Waals surface area contributed by atoms with E-state index in [4.69, 9.17) is 0 Å². The molecular formula is C11H9FN4O4S. The van der Waals surface area contributed by atoms with Crippen molar-refractivity contribution < 1.29 is 21.3 Å². The van der Waals surface area contributed by atoms with E-state index in [1.165, 1.54) is 11.1 Å². The van der Waals surface area contributed by atoms with Gasteiger partial charge < -0.3 is 8.75 Å². The fourth-order valence-corrected chi connectivity index (χ4v) is 2.39. The molecule has 0 aromatic carbocycles. The highest BCUT2D eigenvalue weighted by Crippen LogP contribution is 2.22.